The van der Waals surface area contributed by atoms with E-state index in [1.807, 2.05) is 0 Å². The minimum atomic E-state index is 0.525. The molecule has 3 rings (SSSR count). The second-order valence-corrected chi connectivity index (χ2v) is 7.31. The van der Waals surface area contributed by atoms with Crippen molar-refractivity contribution >= 4 is 15.9 Å². The third kappa shape index (κ3) is 3.84. The molecule has 0 amide bonds. The van der Waals surface area contributed by atoms with E-state index in [2.05, 4.69) is 57.3 Å². The molecule has 1 aromatic carbocycles. The maximum atomic E-state index is 3.76. The average molecular weight is 337 g/mol. The summed E-state index contributed by atoms with van der Waals surface area (Å²) in [6.07, 6.45) is 5.49. The molecule has 20 heavy (non-hydrogen) atoms. The minimum Gasteiger partial charge on any atom is -0.314 e. The lowest BCUT2D eigenvalue weighted by Gasteiger charge is -2.36. The van der Waals surface area contributed by atoms with Gasteiger partial charge in [0.2, 0.25) is 0 Å². The molecule has 1 saturated carbocycles. The first-order chi connectivity index (χ1) is 9.72. The van der Waals surface area contributed by atoms with Gasteiger partial charge in [-0.15, -0.1) is 0 Å². The summed E-state index contributed by atoms with van der Waals surface area (Å²) in [6.45, 7) is 6.03. The Morgan fingerprint density at radius 3 is 2.65 bits per heavy atom. The fourth-order valence-corrected chi connectivity index (χ4v) is 3.54. The van der Waals surface area contributed by atoms with Gasteiger partial charge in [0.25, 0.3) is 0 Å². The molecule has 0 radical (unpaired) electrons. The number of benzene rings is 1. The van der Waals surface area contributed by atoms with Gasteiger partial charge in [0, 0.05) is 29.6 Å². The zero-order valence-corrected chi connectivity index (χ0v) is 13.9. The van der Waals surface area contributed by atoms with Crippen molar-refractivity contribution in [1.29, 1.82) is 0 Å². The van der Waals surface area contributed by atoms with Crippen LogP contribution in [0.2, 0.25) is 0 Å². The summed E-state index contributed by atoms with van der Waals surface area (Å²) in [5.41, 5.74) is 1.42. The Morgan fingerprint density at radius 1 is 1.25 bits per heavy atom. The zero-order chi connectivity index (χ0) is 13.9. The highest BCUT2D eigenvalue weighted by Crippen LogP contribution is 2.29. The molecule has 1 saturated heterocycles. The molecule has 0 spiro atoms. The maximum Gasteiger partial charge on any atom is 0.0320 e. The Labute approximate surface area is 131 Å². The molecule has 0 aromatic heterocycles. The fourth-order valence-electron chi connectivity index (χ4n) is 3.12. The van der Waals surface area contributed by atoms with Crippen LogP contribution in [0.25, 0.3) is 0 Å². The highest BCUT2D eigenvalue weighted by Gasteiger charge is 2.26. The van der Waals surface area contributed by atoms with E-state index in [4.69, 9.17) is 0 Å². The van der Waals surface area contributed by atoms with Gasteiger partial charge in [0.15, 0.2) is 0 Å². The Balaban J connectivity index is 1.49. The van der Waals surface area contributed by atoms with Crippen LogP contribution in [0.1, 0.15) is 44.2 Å². The van der Waals surface area contributed by atoms with Crippen LogP contribution in [0, 0.1) is 5.92 Å². The molecule has 110 valence electrons. The van der Waals surface area contributed by atoms with Crippen molar-refractivity contribution in [3.05, 3.63) is 34.3 Å². The summed E-state index contributed by atoms with van der Waals surface area (Å²) in [5, 5.41) is 3.76. The highest BCUT2D eigenvalue weighted by molar-refractivity contribution is 9.10. The van der Waals surface area contributed by atoms with Crippen molar-refractivity contribution in [2.24, 2.45) is 5.92 Å². The van der Waals surface area contributed by atoms with Crippen LogP contribution >= 0.6 is 15.9 Å². The molecule has 1 aromatic rings. The topological polar surface area (TPSA) is 15.3 Å². The lowest BCUT2D eigenvalue weighted by Crippen LogP contribution is -2.43. The van der Waals surface area contributed by atoms with Gasteiger partial charge in [-0.25, -0.2) is 0 Å². The third-order valence-electron chi connectivity index (χ3n) is 4.80. The molecule has 2 aliphatic rings. The van der Waals surface area contributed by atoms with E-state index in [0.29, 0.717) is 6.04 Å². The van der Waals surface area contributed by atoms with E-state index >= 15 is 0 Å². The van der Waals surface area contributed by atoms with E-state index in [-0.39, 0.29) is 0 Å². The zero-order valence-electron chi connectivity index (χ0n) is 12.3. The second kappa shape index (κ2) is 6.59. The van der Waals surface area contributed by atoms with Crippen molar-refractivity contribution in [1.82, 2.24) is 10.2 Å². The molecule has 1 aliphatic carbocycles. The van der Waals surface area contributed by atoms with Crippen molar-refractivity contribution in [2.45, 2.75) is 44.7 Å². The van der Waals surface area contributed by atoms with Crippen LogP contribution in [0.4, 0.5) is 0 Å². The summed E-state index contributed by atoms with van der Waals surface area (Å²) in [6, 6.07) is 10.0. The normalized spacial score (nSPS) is 22.9. The van der Waals surface area contributed by atoms with Crippen LogP contribution in [0.5, 0.6) is 0 Å². The number of piperidine rings is 1. The van der Waals surface area contributed by atoms with Gasteiger partial charge in [-0.2, -0.15) is 0 Å². The quantitative estimate of drug-likeness (QED) is 0.874. The summed E-state index contributed by atoms with van der Waals surface area (Å²) >= 11 is 3.58. The smallest absolute Gasteiger partial charge is 0.0320 e. The SMILES string of the molecule is CC(c1cccc(Br)c1)N1CCC(NCC2CC2)CC1. The number of nitrogens with one attached hydrogen (secondary N) is 1. The van der Waals surface area contributed by atoms with Gasteiger partial charge in [0.1, 0.15) is 0 Å². The van der Waals surface area contributed by atoms with Crippen molar-refractivity contribution in [3.8, 4) is 0 Å². The number of halogens is 1. The predicted octanol–water partition coefficient (Wildman–Crippen LogP) is 3.97. The maximum absolute atomic E-state index is 3.76. The van der Waals surface area contributed by atoms with E-state index in [0.717, 1.165) is 12.0 Å². The number of hydrogen-bond donors (Lipinski definition) is 1. The Morgan fingerprint density at radius 2 is 2.00 bits per heavy atom. The molecule has 2 nitrogen and oxygen atoms in total. The molecule has 1 heterocycles. The van der Waals surface area contributed by atoms with Gasteiger partial charge in [0.05, 0.1) is 0 Å². The van der Waals surface area contributed by atoms with Crippen LogP contribution in [0.3, 0.4) is 0 Å². The van der Waals surface area contributed by atoms with E-state index in [9.17, 15) is 0 Å². The summed E-state index contributed by atoms with van der Waals surface area (Å²) in [5.74, 6) is 0.994. The molecule has 3 heteroatoms. The van der Waals surface area contributed by atoms with Crippen molar-refractivity contribution < 1.29 is 0 Å². The average Bonchev–Trinajstić information content (AvgIpc) is 3.29. The lowest BCUT2D eigenvalue weighted by atomic mass is 10.00. The third-order valence-corrected chi connectivity index (χ3v) is 5.29. The predicted molar refractivity (Wildman–Crippen MR) is 87.9 cm³/mol. The van der Waals surface area contributed by atoms with E-state index in [1.54, 1.807) is 0 Å². The molecule has 1 unspecified atom stereocenters. The van der Waals surface area contributed by atoms with Gasteiger partial charge in [-0.3, -0.25) is 4.90 Å². The number of likely N-dealkylation sites (tertiary alicyclic amines) is 1. The first kappa shape index (κ1) is 14.6. The molecular formula is C17H25BrN2. The summed E-state index contributed by atoms with van der Waals surface area (Å²) in [7, 11) is 0. The first-order valence-corrected chi connectivity index (χ1v) is 8.74. The van der Waals surface area contributed by atoms with Crippen LogP contribution in [0.15, 0.2) is 28.7 Å². The minimum absolute atomic E-state index is 0.525. The Kier molecular flexibility index (Phi) is 4.79. The summed E-state index contributed by atoms with van der Waals surface area (Å²) < 4.78 is 1.18. The van der Waals surface area contributed by atoms with E-state index in [1.165, 1.54) is 55.4 Å². The number of nitrogens with zero attached hydrogens (tertiary/aromatic N) is 1. The molecule has 0 bridgehead atoms. The van der Waals surface area contributed by atoms with Gasteiger partial charge < -0.3 is 5.32 Å². The fraction of sp³-hybridized carbons (Fsp3) is 0.647. The van der Waals surface area contributed by atoms with Crippen LogP contribution < -0.4 is 5.32 Å². The first-order valence-electron chi connectivity index (χ1n) is 7.95. The van der Waals surface area contributed by atoms with Gasteiger partial charge in [-0.05, 0) is 62.8 Å². The second-order valence-electron chi connectivity index (χ2n) is 6.39. The molecule has 2 fully saturated rings. The van der Waals surface area contributed by atoms with Crippen LogP contribution in [-0.2, 0) is 0 Å². The Hall–Kier alpha value is -0.380. The molecule has 1 atom stereocenters. The summed E-state index contributed by atoms with van der Waals surface area (Å²) in [4.78, 5) is 2.62. The number of hydrogen-bond acceptors (Lipinski definition) is 2. The molecular weight excluding hydrogens is 312 g/mol. The lowest BCUT2D eigenvalue weighted by molar-refractivity contribution is 0.152. The number of rotatable bonds is 5. The highest BCUT2D eigenvalue weighted by atomic mass is 79.9. The van der Waals surface area contributed by atoms with Gasteiger partial charge in [-0.1, -0.05) is 28.1 Å². The van der Waals surface area contributed by atoms with Crippen molar-refractivity contribution in [3.63, 3.8) is 0 Å². The Bertz CT molecular complexity index is 436. The monoisotopic (exact) mass is 336 g/mol. The largest absolute Gasteiger partial charge is 0.314 e. The van der Waals surface area contributed by atoms with Gasteiger partial charge >= 0.3 is 0 Å². The van der Waals surface area contributed by atoms with Crippen LogP contribution in [-0.4, -0.2) is 30.6 Å². The standard InChI is InChI=1S/C17H25BrN2/c1-13(15-3-2-4-16(18)11-15)20-9-7-17(8-10-20)19-12-14-5-6-14/h2-4,11,13-14,17,19H,5-10,12H2,1H3. The van der Waals surface area contributed by atoms with E-state index < -0.39 is 0 Å². The van der Waals surface area contributed by atoms with Crippen molar-refractivity contribution in [2.75, 3.05) is 19.6 Å². The molecule has 1 aliphatic heterocycles. The molecule has 1 N–H and O–H groups in total.